The van der Waals surface area contributed by atoms with Crippen LogP contribution in [0.3, 0.4) is 0 Å². The van der Waals surface area contributed by atoms with E-state index in [0.29, 0.717) is 44.6 Å². The molecule has 6 nitrogen and oxygen atoms in total. The van der Waals surface area contributed by atoms with E-state index in [1.807, 2.05) is 79.7 Å². The minimum Gasteiger partial charge on any atom is -0.489 e. The summed E-state index contributed by atoms with van der Waals surface area (Å²) >= 11 is 1.30. The molecule has 0 saturated heterocycles. The topological polar surface area (TPSA) is 72.7 Å². The number of amides is 1. The quantitative estimate of drug-likeness (QED) is 0.210. The summed E-state index contributed by atoms with van der Waals surface area (Å²) in [4.78, 5) is 33.1. The molecule has 45 heavy (non-hydrogen) atoms. The molecule has 1 N–H and O–H groups in total. The summed E-state index contributed by atoms with van der Waals surface area (Å²) in [7, 11) is 0. The summed E-state index contributed by atoms with van der Waals surface area (Å²) in [6.07, 6.45) is 1.83. The van der Waals surface area contributed by atoms with E-state index in [1.54, 1.807) is 16.7 Å². The first-order valence-corrected chi connectivity index (χ1v) is 15.5. The van der Waals surface area contributed by atoms with Gasteiger partial charge in [-0.05, 0) is 77.6 Å². The number of benzene rings is 4. The maximum Gasteiger partial charge on any atom is 0.271 e. The van der Waals surface area contributed by atoms with Crippen molar-refractivity contribution in [2.75, 3.05) is 5.32 Å². The van der Waals surface area contributed by atoms with Gasteiger partial charge in [0.1, 0.15) is 18.2 Å². The number of nitrogens with zero attached hydrogens (tertiary/aromatic N) is 2. The Hall–Kier alpha value is -5.08. The van der Waals surface area contributed by atoms with Crippen molar-refractivity contribution in [3.05, 3.63) is 162 Å². The predicted molar refractivity (Wildman–Crippen MR) is 177 cm³/mol. The lowest BCUT2D eigenvalue weighted by molar-refractivity contribution is -0.113. The number of carbonyl (C=O) groups excluding carboxylic acids is 1. The van der Waals surface area contributed by atoms with Crippen molar-refractivity contribution in [2.45, 2.75) is 39.3 Å². The standard InChI is InChI=1S/C37H32FN3O3S/c1-23(2)27-13-15-28(16-14-27)34-33(35(42)40-30-7-5-4-6-8-30)24(3)39-37-41(34)36(43)32(45-37)21-25-11-19-31(20-12-25)44-22-26-9-17-29(38)18-10-26/h4-21,23,34H,22H2,1-3H3,(H,40,42)/b32-21-/t34-/m1/s1. The molecule has 5 aromatic rings. The van der Waals surface area contributed by atoms with Crippen LogP contribution in [0, 0.1) is 5.82 Å². The molecule has 4 aromatic carbocycles. The third-order valence-electron chi connectivity index (χ3n) is 7.71. The zero-order chi connectivity index (χ0) is 31.5. The van der Waals surface area contributed by atoms with Gasteiger partial charge in [-0.2, -0.15) is 0 Å². The van der Waals surface area contributed by atoms with Crippen LogP contribution in [0.25, 0.3) is 6.08 Å². The molecule has 0 bridgehead atoms. The molecule has 0 radical (unpaired) electrons. The number of hydrogen-bond acceptors (Lipinski definition) is 5. The lowest BCUT2D eigenvalue weighted by atomic mass is 9.93. The Morgan fingerprint density at radius 1 is 0.978 bits per heavy atom. The Balaban J connectivity index is 1.35. The van der Waals surface area contributed by atoms with E-state index in [0.717, 1.165) is 16.7 Å². The molecule has 0 spiro atoms. The molecule has 0 fully saturated rings. The Morgan fingerprint density at radius 3 is 2.33 bits per heavy atom. The van der Waals surface area contributed by atoms with Gasteiger partial charge < -0.3 is 10.1 Å². The zero-order valence-corrected chi connectivity index (χ0v) is 26.0. The molecule has 1 atom stereocenters. The molecule has 2 heterocycles. The lowest BCUT2D eigenvalue weighted by Gasteiger charge is -2.25. The van der Waals surface area contributed by atoms with E-state index in [-0.39, 0.29) is 17.3 Å². The second-order valence-corrected chi connectivity index (χ2v) is 12.2. The highest BCUT2D eigenvalue weighted by Crippen LogP contribution is 2.31. The Kier molecular flexibility index (Phi) is 8.58. The largest absolute Gasteiger partial charge is 0.489 e. The third kappa shape index (κ3) is 6.56. The first kappa shape index (κ1) is 30.0. The maximum absolute atomic E-state index is 14.0. The number of anilines is 1. The summed E-state index contributed by atoms with van der Waals surface area (Å²) in [5.74, 6) is 0.419. The third-order valence-corrected chi connectivity index (χ3v) is 8.70. The summed E-state index contributed by atoms with van der Waals surface area (Å²) in [5, 5.41) is 2.99. The van der Waals surface area contributed by atoms with Crippen molar-refractivity contribution in [3.8, 4) is 5.75 Å². The highest BCUT2D eigenvalue weighted by atomic mass is 32.1. The molecule has 1 aromatic heterocycles. The molecule has 6 rings (SSSR count). The Morgan fingerprint density at radius 2 is 1.67 bits per heavy atom. The average Bonchev–Trinajstić information content (AvgIpc) is 3.34. The van der Waals surface area contributed by atoms with Crippen molar-refractivity contribution in [2.24, 2.45) is 4.99 Å². The number of hydrogen-bond donors (Lipinski definition) is 1. The number of aromatic nitrogens is 1. The molecular formula is C37H32FN3O3S. The van der Waals surface area contributed by atoms with Crippen molar-refractivity contribution in [1.29, 1.82) is 0 Å². The first-order chi connectivity index (χ1) is 21.8. The van der Waals surface area contributed by atoms with Crippen LogP contribution in [0.15, 0.2) is 124 Å². The minimum atomic E-state index is -0.643. The Bertz CT molecular complexity index is 2050. The highest BCUT2D eigenvalue weighted by Gasteiger charge is 2.32. The van der Waals surface area contributed by atoms with Crippen LogP contribution in [0.2, 0.25) is 0 Å². The van der Waals surface area contributed by atoms with Gasteiger partial charge in [-0.1, -0.05) is 91.9 Å². The molecule has 1 aliphatic heterocycles. The SMILES string of the molecule is CC1=C(C(=O)Nc2ccccc2)[C@@H](c2ccc(C(C)C)cc2)n2c(s/c(=C\c3ccc(OCc4ccc(F)cc4)cc3)c2=O)=N1. The second-order valence-electron chi connectivity index (χ2n) is 11.2. The average molecular weight is 618 g/mol. The number of carbonyl (C=O) groups is 1. The number of halogens is 1. The normalized spacial score (nSPS) is 14.7. The van der Waals surface area contributed by atoms with Crippen LogP contribution < -0.4 is 24.9 Å². The van der Waals surface area contributed by atoms with Gasteiger partial charge in [0, 0.05) is 5.69 Å². The van der Waals surface area contributed by atoms with Gasteiger partial charge in [-0.3, -0.25) is 14.2 Å². The van der Waals surface area contributed by atoms with Crippen LogP contribution in [0.5, 0.6) is 5.75 Å². The fourth-order valence-corrected chi connectivity index (χ4v) is 6.32. The molecule has 0 saturated carbocycles. The predicted octanol–water partition coefficient (Wildman–Crippen LogP) is 6.72. The second kappa shape index (κ2) is 12.9. The molecule has 1 amide bonds. The number of rotatable bonds is 8. The van der Waals surface area contributed by atoms with Crippen LogP contribution in [0.1, 0.15) is 55.0 Å². The van der Waals surface area contributed by atoms with Crippen LogP contribution in [-0.2, 0) is 11.4 Å². The Labute approximate surface area is 264 Å². The molecule has 8 heteroatoms. The number of nitrogens with one attached hydrogen (secondary N) is 1. The number of ether oxygens (including phenoxy) is 1. The smallest absolute Gasteiger partial charge is 0.271 e. The van der Waals surface area contributed by atoms with Gasteiger partial charge in [0.05, 0.1) is 21.8 Å². The van der Waals surface area contributed by atoms with E-state index in [1.165, 1.54) is 29.0 Å². The first-order valence-electron chi connectivity index (χ1n) is 14.7. The van der Waals surface area contributed by atoms with Crippen molar-refractivity contribution >= 4 is 29.0 Å². The van der Waals surface area contributed by atoms with Gasteiger partial charge in [0.15, 0.2) is 4.80 Å². The summed E-state index contributed by atoms with van der Waals surface area (Å²) in [6.45, 7) is 6.39. The van der Waals surface area contributed by atoms with E-state index >= 15 is 0 Å². The van der Waals surface area contributed by atoms with E-state index in [2.05, 4.69) is 31.3 Å². The number of allylic oxidation sites excluding steroid dienone is 1. The highest BCUT2D eigenvalue weighted by molar-refractivity contribution is 7.07. The number of fused-ring (bicyclic) bond motifs is 1. The van der Waals surface area contributed by atoms with Crippen molar-refractivity contribution in [1.82, 2.24) is 4.57 Å². The van der Waals surface area contributed by atoms with Gasteiger partial charge in [0.2, 0.25) is 0 Å². The molecule has 0 aliphatic carbocycles. The van der Waals surface area contributed by atoms with Crippen LogP contribution in [-0.4, -0.2) is 10.5 Å². The fraction of sp³-hybridized carbons (Fsp3) is 0.162. The summed E-state index contributed by atoms with van der Waals surface area (Å²) in [5.41, 5.74) is 5.14. The zero-order valence-electron chi connectivity index (χ0n) is 25.2. The fourth-order valence-electron chi connectivity index (χ4n) is 5.27. The summed E-state index contributed by atoms with van der Waals surface area (Å²) < 4.78 is 21.2. The molecular weight excluding hydrogens is 585 g/mol. The molecule has 1 aliphatic rings. The van der Waals surface area contributed by atoms with Crippen LogP contribution >= 0.6 is 11.3 Å². The van der Waals surface area contributed by atoms with Crippen molar-refractivity contribution in [3.63, 3.8) is 0 Å². The molecule has 226 valence electrons. The lowest BCUT2D eigenvalue weighted by Crippen LogP contribution is -2.40. The van der Waals surface area contributed by atoms with Crippen LogP contribution in [0.4, 0.5) is 10.1 Å². The van der Waals surface area contributed by atoms with Gasteiger partial charge in [0.25, 0.3) is 11.5 Å². The molecule has 0 unspecified atom stereocenters. The van der Waals surface area contributed by atoms with E-state index in [4.69, 9.17) is 9.73 Å². The number of thiazole rings is 1. The monoisotopic (exact) mass is 617 g/mol. The summed E-state index contributed by atoms with van der Waals surface area (Å²) in [6, 6.07) is 30.3. The number of para-hydroxylation sites is 1. The van der Waals surface area contributed by atoms with Gasteiger partial charge in [-0.15, -0.1) is 0 Å². The van der Waals surface area contributed by atoms with E-state index < -0.39 is 6.04 Å². The maximum atomic E-state index is 14.0. The van der Waals surface area contributed by atoms with Gasteiger partial charge >= 0.3 is 0 Å². The minimum absolute atomic E-state index is 0.217. The van der Waals surface area contributed by atoms with Crippen molar-refractivity contribution < 1.29 is 13.9 Å². The van der Waals surface area contributed by atoms with Gasteiger partial charge in [-0.25, -0.2) is 9.38 Å². The van der Waals surface area contributed by atoms with E-state index in [9.17, 15) is 14.0 Å².